The minimum absolute atomic E-state index is 0.422. The lowest BCUT2D eigenvalue weighted by molar-refractivity contribution is -0.134. The molecule has 0 aliphatic carbocycles. The van der Waals surface area contributed by atoms with Gasteiger partial charge in [0.1, 0.15) is 11.4 Å². The normalized spacial score (nSPS) is 17.0. The highest BCUT2D eigenvalue weighted by molar-refractivity contribution is 7.84. The van der Waals surface area contributed by atoms with Gasteiger partial charge < -0.3 is 5.11 Å². The van der Waals surface area contributed by atoms with Crippen LogP contribution in [0, 0.1) is 5.82 Å². The monoisotopic (exact) mass is 381 g/mol. The van der Waals surface area contributed by atoms with Gasteiger partial charge in [-0.05, 0) is 33.8 Å². The highest BCUT2D eigenvalue weighted by Crippen LogP contribution is 2.41. The summed E-state index contributed by atoms with van der Waals surface area (Å²) < 4.78 is 70.5. The van der Waals surface area contributed by atoms with Crippen LogP contribution in [-0.2, 0) is 21.3 Å². The number of nitrogens with one attached hydrogen (secondary N) is 1. The summed E-state index contributed by atoms with van der Waals surface area (Å²) in [4.78, 5) is 10.6. The fourth-order valence-corrected chi connectivity index (χ4v) is 2.80. The Kier molecular flexibility index (Phi) is 6.18. The van der Waals surface area contributed by atoms with Crippen LogP contribution in [0.3, 0.4) is 0 Å². The standard InChI is InChI=1S/C16H19F4NO3S/c1-14(2,3)25(24)21-15(4,10-7-5-6-8-11(10)17)16(19,20)9-12(18)13(22)23/h5-9,21H,1-4H3,(H,22,23)/t15?,25-/m1/s1. The Balaban J connectivity index is 3.58. The van der Waals surface area contributed by atoms with E-state index in [0.29, 0.717) is 0 Å². The first-order chi connectivity index (χ1) is 11.2. The second-order valence-electron chi connectivity index (χ2n) is 6.51. The van der Waals surface area contributed by atoms with Crippen molar-refractivity contribution in [3.63, 3.8) is 0 Å². The molecule has 1 unspecified atom stereocenters. The van der Waals surface area contributed by atoms with Crippen molar-refractivity contribution in [1.29, 1.82) is 0 Å². The Morgan fingerprint density at radius 2 is 1.72 bits per heavy atom. The largest absolute Gasteiger partial charge is 0.476 e. The fourth-order valence-electron chi connectivity index (χ4n) is 1.87. The molecule has 1 aromatic rings. The molecule has 0 fully saturated rings. The van der Waals surface area contributed by atoms with Gasteiger partial charge in [-0.15, -0.1) is 0 Å². The van der Waals surface area contributed by atoms with Crippen LogP contribution >= 0.6 is 0 Å². The minimum Gasteiger partial charge on any atom is -0.476 e. The highest BCUT2D eigenvalue weighted by atomic mass is 32.2. The van der Waals surface area contributed by atoms with Crippen LogP contribution < -0.4 is 4.72 Å². The third-order valence-electron chi connectivity index (χ3n) is 3.44. The number of carbonyl (C=O) groups is 1. The van der Waals surface area contributed by atoms with Gasteiger partial charge in [0.15, 0.2) is 0 Å². The SMILES string of the molecule is CC(C)(C)[S@@](=O)NC(C)(c1ccccc1F)C(F)(F)C=C(F)C(=O)O. The Labute approximate surface area is 145 Å². The van der Waals surface area contributed by atoms with Gasteiger partial charge in [0.2, 0.25) is 5.83 Å². The van der Waals surface area contributed by atoms with Gasteiger partial charge in [0, 0.05) is 11.6 Å². The number of aliphatic carboxylic acids is 1. The number of rotatable bonds is 6. The Hall–Kier alpha value is -1.74. The van der Waals surface area contributed by atoms with Crippen LogP contribution in [0.2, 0.25) is 0 Å². The van der Waals surface area contributed by atoms with Crippen molar-refractivity contribution < 1.29 is 31.7 Å². The maximum atomic E-state index is 14.8. The summed E-state index contributed by atoms with van der Waals surface area (Å²) >= 11 is 0. The first-order valence-corrected chi connectivity index (χ1v) is 8.31. The lowest BCUT2D eigenvalue weighted by atomic mass is 9.85. The van der Waals surface area contributed by atoms with Crippen molar-refractivity contribution in [1.82, 2.24) is 4.72 Å². The molecule has 0 aliphatic rings. The van der Waals surface area contributed by atoms with E-state index in [2.05, 4.69) is 4.72 Å². The number of hydrogen-bond acceptors (Lipinski definition) is 2. The van der Waals surface area contributed by atoms with Gasteiger partial charge >= 0.3 is 5.97 Å². The third-order valence-corrected chi connectivity index (χ3v) is 5.15. The predicted octanol–water partition coefficient (Wildman–Crippen LogP) is 3.67. The first kappa shape index (κ1) is 21.3. The number of alkyl halides is 2. The van der Waals surface area contributed by atoms with Gasteiger partial charge in [-0.2, -0.15) is 13.2 Å². The smallest absolute Gasteiger partial charge is 0.364 e. The van der Waals surface area contributed by atoms with Crippen molar-refractivity contribution in [3.05, 3.63) is 47.5 Å². The molecule has 0 aromatic heterocycles. The van der Waals surface area contributed by atoms with E-state index in [1.807, 2.05) is 0 Å². The zero-order chi connectivity index (χ0) is 19.6. The van der Waals surface area contributed by atoms with E-state index in [-0.39, 0.29) is 0 Å². The summed E-state index contributed by atoms with van der Waals surface area (Å²) in [7, 11) is -2.08. The van der Waals surface area contributed by atoms with E-state index in [1.165, 1.54) is 32.9 Å². The van der Waals surface area contributed by atoms with Crippen LogP contribution in [0.1, 0.15) is 33.3 Å². The summed E-state index contributed by atoms with van der Waals surface area (Å²) in [6.45, 7) is 5.35. The summed E-state index contributed by atoms with van der Waals surface area (Å²) in [5.41, 5.74) is -3.24. The number of halogens is 4. The van der Waals surface area contributed by atoms with Crippen LogP contribution in [0.4, 0.5) is 17.6 Å². The molecule has 2 N–H and O–H groups in total. The molecular formula is C16H19F4NO3S. The Morgan fingerprint density at radius 3 is 2.16 bits per heavy atom. The molecule has 0 amide bonds. The second-order valence-corrected chi connectivity index (χ2v) is 8.47. The third kappa shape index (κ3) is 4.66. The maximum Gasteiger partial charge on any atom is 0.364 e. The molecule has 4 nitrogen and oxygen atoms in total. The summed E-state index contributed by atoms with van der Waals surface area (Å²) in [6, 6.07) is 4.50. The lowest BCUT2D eigenvalue weighted by Crippen LogP contribution is -2.56. The van der Waals surface area contributed by atoms with E-state index in [0.717, 1.165) is 19.1 Å². The average molecular weight is 381 g/mol. The number of carboxylic acid groups (broad SMARTS) is 1. The number of carboxylic acids is 1. The molecular weight excluding hydrogens is 362 g/mol. The van der Waals surface area contributed by atoms with E-state index in [4.69, 9.17) is 5.11 Å². The Morgan fingerprint density at radius 1 is 1.20 bits per heavy atom. The topological polar surface area (TPSA) is 66.4 Å². The number of hydrogen-bond donors (Lipinski definition) is 2. The van der Waals surface area contributed by atoms with E-state index in [1.54, 1.807) is 0 Å². The van der Waals surface area contributed by atoms with Crippen LogP contribution in [0.25, 0.3) is 0 Å². The molecule has 9 heteroatoms. The zero-order valence-corrected chi connectivity index (χ0v) is 14.9. The summed E-state index contributed by atoms with van der Waals surface area (Å²) in [5, 5.41) is 8.52. The molecule has 0 spiro atoms. The lowest BCUT2D eigenvalue weighted by Gasteiger charge is -2.38. The predicted molar refractivity (Wildman–Crippen MR) is 86.6 cm³/mol. The minimum atomic E-state index is -4.21. The Bertz CT molecular complexity index is 716. The fraction of sp³-hybridized carbons (Fsp3) is 0.438. The summed E-state index contributed by atoms with van der Waals surface area (Å²) in [5.74, 6) is -9.53. The molecule has 0 bridgehead atoms. The summed E-state index contributed by atoms with van der Waals surface area (Å²) in [6.07, 6.45) is -0.422. The molecule has 0 radical (unpaired) electrons. The van der Waals surface area contributed by atoms with E-state index < -0.39 is 56.4 Å². The molecule has 0 aliphatic heterocycles. The average Bonchev–Trinajstić information content (AvgIpc) is 2.45. The van der Waals surface area contributed by atoms with Gasteiger partial charge in [0.25, 0.3) is 5.92 Å². The van der Waals surface area contributed by atoms with Gasteiger partial charge in [-0.3, -0.25) is 0 Å². The van der Waals surface area contributed by atoms with Gasteiger partial charge in [0.05, 0.1) is 15.7 Å². The van der Waals surface area contributed by atoms with Crippen LogP contribution in [0.15, 0.2) is 36.2 Å². The van der Waals surface area contributed by atoms with Crippen molar-refractivity contribution in [2.45, 2.75) is 43.9 Å². The molecule has 1 aromatic carbocycles. The van der Waals surface area contributed by atoms with Crippen LogP contribution in [-0.4, -0.2) is 26.0 Å². The van der Waals surface area contributed by atoms with E-state index >= 15 is 0 Å². The molecule has 25 heavy (non-hydrogen) atoms. The van der Waals surface area contributed by atoms with E-state index in [9.17, 15) is 26.6 Å². The quantitative estimate of drug-likeness (QED) is 0.584. The molecule has 140 valence electrons. The van der Waals surface area contributed by atoms with Gasteiger partial charge in [-0.25, -0.2) is 18.1 Å². The maximum absolute atomic E-state index is 14.8. The molecule has 0 saturated heterocycles. The molecule has 0 saturated carbocycles. The second kappa shape index (κ2) is 7.25. The molecule has 2 atom stereocenters. The van der Waals surface area contributed by atoms with Crippen molar-refractivity contribution >= 4 is 17.0 Å². The molecule has 0 heterocycles. The first-order valence-electron chi connectivity index (χ1n) is 7.16. The highest BCUT2D eigenvalue weighted by Gasteiger charge is 2.53. The van der Waals surface area contributed by atoms with Crippen molar-refractivity contribution in [2.75, 3.05) is 0 Å². The van der Waals surface area contributed by atoms with Crippen LogP contribution in [0.5, 0.6) is 0 Å². The number of benzene rings is 1. The molecule has 1 rings (SSSR count). The van der Waals surface area contributed by atoms with Crippen molar-refractivity contribution in [3.8, 4) is 0 Å². The van der Waals surface area contributed by atoms with Gasteiger partial charge in [-0.1, -0.05) is 18.2 Å². The zero-order valence-electron chi connectivity index (χ0n) is 14.1. The van der Waals surface area contributed by atoms with Crippen molar-refractivity contribution in [2.24, 2.45) is 0 Å².